The summed E-state index contributed by atoms with van der Waals surface area (Å²) in [6.45, 7) is 5.08. The zero-order valence-electron chi connectivity index (χ0n) is 18.7. The Labute approximate surface area is 186 Å². The highest BCUT2D eigenvalue weighted by molar-refractivity contribution is 5.98. The van der Waals surface area contributed by atoms with Crippen LogP contribution in [0, 0.1) is 17.7 Å². The zero-order chi connectivity index (χ0) is 22.5. The minimum atomic E-state index is -0.594. The molecule has 1 aliphatic carbocycles. The van der Waals surface area contributed by atoms with Crippen molar-refractivity contribution in [3.05, 3.63) is 35.1 Å². The van der Waals surface area contributed by atoms with E-state index in [0.717, 1.165) is 37.7 Å². The fourth-order valence-corrected chi connectivity index (χ4v) is 4.59. The summed E-state index contributed by atoms with van der Waals surface area (Å²) >= 11 is 0. The maximum absolute atomic E-state index is 14.5. The van der Waals surface area contributed by atoms with Crippen molar-refractivity contribution in [3.8, 4) is 0 Å². The zero-order valence-corrected chi connectivity index (χ0v) is 18.7. The smallest absolute Gasteiger partial charge is 0.254 e. The van der Waals surface area contributed by atoms with Gasteiger partial charge in [0.05, 0.1) is 18.2 Å². The number of nitrogens with zero attached hydrogens (tertiary/aromatic N) is 1. The maximum atomic E-state index is 14.5. The minimum Gasteiger partial charge on any atom is -0.342 e. The molecule has 0 bridgehead atoms. The van der Waals surface area contributed by atoms with E-state index in [1.807, 2.05) is 13.8 Å². The molecule has 1 atom stereocenters. The summed E-state index contributed by atoms with van der Waals surface area (Å²) in [5.74, 6) is -1.10. The number of Topliss-reactive ketones (excluding diaryl/α,β-unsaturated/α-hetero) is 1. The average Bonchev–Trinajstić information content (AvgIpc) is 2.72. The van der Waals surface area contributed by atoms with Crippen LogP contribution in [-0.2, 0) is 9.59 Å². The molecule has 1 aromatic rings. The molecule has 0 spiro atoms. The fourth-order valence-electron chi connectivity index (χ4n) is 4.59. The van der Waals surface area contributed by atoms with Gasteiger partial charge in [-0.25, -0.2) is 4.39 Å². The minimum absolute atomic E-state index is 0. The first-order valence-corrected chi connectivity index (χ1v) is 11.4. The molecule has 1 aliphatic heterocycles. The molecule has 1 heterocycles. The van der Waals surface area contributed by atoms with Gasteiger partial charge in [-0.05, 0) is 43.5 Å². The van der Waals surface area contributed by atoms with E-state index in [1.165, 1.54) is 6.07 Å². The Morgan fingerprint density at radius 1 is 1.16 bits per heavy atom. The number of ketones is 1. The number of benzene rings is 1. The number of rotatable bonds is 8. The van der Waals surface area contributed by atoms with E-state index >= 15 is 0 Å². The first-order valence-electron chi connectivity index (χ1n) is 11.4. The first kappa shape index (κ1) is 23.4. The SMILES string of the molecule is CNCC(=O)N1CC(c2ccc(F)c(C(=O)N[C@@H](C(=O)C(C)C)C3CCCCC3)c2)C1.[HH].[HH]. The summed E-state index contributed by atoms with van der Waals surface area (Å²) in [4.78, 5) is 39.5. The number of halogens is 1. The molecule has 0 radical (unpaired) electrons. The van der Waals surface area contributed by atoms with Crippen LogP contribution >= 0.6 is 0 Å². The molecular weight excluding hydrogens is 397 g/mol. The monoisotopic (exact) mass is 435 g/mol. The molecule has 2 fully saturated rings. The van der Waals surface area contributed by atoms with Gasteiger partial charge in [0.15, 0.2) is 5.78 Å². The summed E-state index contributed by atoms with van der Waals surface area (Å²) in [6, 6.07) is 3.98. The second-order valence-corrected chi connectivity index (χ2v) is 9.17. The number of hydrogen-bond acceptors (Lipinski definition) is 4. The van der Waals surface area contributed by atoms with Crippen molar-refractivity contribution < 1.29 is 21.6 Å². The third-order valence-electron chi connectivity index (χ3n) is 6.55. The van der Waals surface area contributed by atoms with Gasteiger partial charge in [0.1, 0.15) is 5.82 Å². The third-order valence-corrected chi connectivity index (χ3v) is 6.55. The van der Waals surface area contributed by atoms with Crippen LogP contribution in [0.25, 0.3) is 0 Å². The van der Waals surface area contributed by atoms with Gasteiger partial charge in [-0.3, -0.25) is 14.4 Å². The van der Waals surface area contributed by atoms with Crippen molar-refractivity contribution >= 4 is 17.6 Å². The Morgan fingerprint density at radius 2 is 1.84 bits per heavy atom. The Kier molecular flexibility index (Phi) is 7.81. The lowest BCUT2D eigenvalue weighted by molar-refractivity contribution is -0.134. The molecule has 6 nitrogen and oxygen atoms in total. The Hall–Kier alpha value is -2.28. The topological polar surface area (TPSA) is 78.5 Å². The Bertz CT molecular complexity index is 825. The summed E-state index contributed by atoms with van der Waals surface area (Å²) < 4.78 is 14.5. The van der Waals surface area contributed by atoms with Gasteiger partial charge in [-0.1, -0.05) is 39.2 Å². The molecule has 0 unspecified atom stereocenters. The van der Waals surface area contributed by atoms with Crippen LogP contribution in [0.5, 0.6) is 0 Å². The van der Waals surface area contributed by atoms with Crippen LogP contribution in [-0.4, -0.2) is 55.2 Å². The van der Waals surface area contributed by atoms with Crippen molar-refractivity contribution in [2.75, 3.05) is 26.7 Å². The highest BCUT2D eigenvalue weighted by Crippen LogP contribution is 2.30. The summed E-state index contributed by atoms with van der Waals surface area (Å²) in [6.07, 6.45) is 5.07. The average molecular weight is 436 g/mol. The lowest BCUT2D eigenvalue weighted by atomic mass is 9.80. The van der Waals surface area contributed by atoms with Gasteiger partial charge in [0.2, 0.25) is 5.91 Å². The maximum Gasteiger partial charge on any atom is 0.254 e. The van der Waals surface area contributed by atoms with E-state index in [1.54, 1.807) is 24.1 Å². The molecular formula is C24H38FN3O3. The first-order chi connectivity index (χ1) is 14.8. The predicted octanol–water partition coefficient (Wildman–Crippen LogP) is 3.37. The Morgan fingerprint density at radius 3 is 2.45 bits per heavy atom. The van der Waals surface area contributed by atoms with Crippen LogP contribution in [0.15, 0.2) is 18.2 Å². The highest BCUT2D eigenvalue weighted by Gasteiger charge is 2.34. The molecule has 3 rings (SSSR count). The number of amides is 2. The fraction of sp³-hybridized carbons (Fsp3) is 0.625. The number of likely N-dealkylation sites (N-methyl/N-ethyl adjacent to an activating group) is 1. The summed E-state index contributed by atoms with van der Waals surface area (Å²) in [7, 11) is 1.73. The number of carbonyl (C=O) groups is 3. The van der Waals surface area contributed by atoms with Gasteiger partial charge in [0, 0.05) is 27.8 Å². The van der Waals surface area contributed by atoms with E-state index in [4.69, 9.17) is 0 Å². The molecule has 2 aliphatic rings. The second kappa shape index (κ2) is 10.4. The molecule has 2 amide bonds. The molecule has 174 valence electrons. The third kappa shape index (κ3) is 5.50. The number of nitrogens with one attached hydrogen (secondary N) is 2. The van der Waals surface area contributed by atoms with Crippen LogP contribution in [0.4, 0.5) is 4.39 Å². The van der Waals surface area contributed by atoms with Crippen LogP contribution in [0.3, 0.4) is 0 Å². The van der Waals surface area contributed by atoms with Gasteiger partial charge in [-0.15, -0.1) is 0 Å². The molecule has 0 aromatic heterocycles. The lowest BCUT2D eigenvalue weighted by Gasteiger charge is -2.39. The quantitative estimate of drug-likeness (QED) is 0.656. The standard InChI is InChI=1S/C24H34FN3O3.2H2/c1-15(2)23(30)22(16-7-5-4-6-8-16)27-24(31)19-11-17(9-10-20(19)25)18-13-28(14-18)21(29)12-26-3;;/h9-11,15-16,18,22,26H,4-8,12-14H2,1-3H3,(H,27,31);2*1H/t22-;;/m1../s1. The van der Waals surface area contributed by atoms with Crippen molar-refractivity contribution in [1.82, 2.24) is 15.5 Å². The molecule has 2 N–H and O–H groups in total. The largest absolute Gasteiger partial charge is 0.342 e. The van der Waals surface area contributed by atoms with E-state index in [-0.39, 0.29) is 44.4 Å². The number of carbonyl (C=O) groups excluding carboxylic acids is 3. The number of likely N-dealkylation sites (tertiary alicyclic amines) is 1. The molecule has 7 heteroatoms. The number of hydrogen-bond donors (Lipinski definition) is 2. The molecule has 1 saturated heterocycles. The van der Waals surface area contributed by atoms with Crippen molar-refractivity contribution in [3.63, 3.8) is 0 Å². The molecule has 1 saturated carbocycles. The van der Waals surface area contributed by atoms with Crippen LogP contribution in [0.2, 0.25) is 0 Å². The van der Waals surface area contributed by atoms with E-state index in [9.17, 15) is 18.8 Å². The second-order valence-electron chi connectivity index (χ2n) is 9.17. The van der Waals surface area contributed by atoms with Crippen molar-refractivity contribution in [1.29, 1.82) is 0 Å². The lowest BCUT2D eigenvalue weighted by Crippen LogP contribution is -2.51. The van der Waals surface area contributed by atoms with Crippen molar-refractivity contribution in [2.24, 2.45) is 11.8 Å². The molecule has 1 aromatic carbocycles. The summed E-state index contributed by atoms with van der Waals surface area (Å²) in [5, 5.41) is 5.71. The molecule has 31 heavy (non-hydrogen) atoms. The predicted molar refractivity (Wildman–Crippen MR) is 122 cm³/mol. The Balaban J connectivity index is 0.00000272. The van der Waals surface area contributed by atoms with E-state index in [0.29, 0.717) is 13.1 Å². The van der Waals surface area contributed by atoms with Gasteiger partial charge < -0.3 is 15.5 Å². The van der Waals surface area contributed by atoms with Gasteiger partial charge >= 0.3 is 0 Å². The highest BCUT2D eigenvalue weighted by atomic mass is 19.1. The van der Waals surface area contributed by atoms with Crippen LogP contribution < -0.4 is 10.6 Å². The van der Waals surface area contributed by atoms with E-state index in [2.05, 4.69) is 10.6 Å². The summed E-state index contributed by atoms with van der Waals surface area (Å²) in [5.41, 5.74) is 0.805. The normalized spacial score (nSPS) is 18.5. The van der Waals surface area contributed by atoms with Crippen LogP contribution in [0.1, 0.15) is 70.6 Å². The van der Waals surface area contributed by atoms with Crippen molar-refractivity contribution in [2.45, 2.75) is 57.9 Å². The van der Waals surface area contributed by atoms with Gasteiger partial charge in [-0.2, -0.15) is 0 Å². The van der Waals surface area contributed by atoms with Gasteiger partial charge in [0.25, 0.3) is 5.91 Å². The van der Waals surface area contributed by atoms with E-state index < -0.39 is 17.8 Å².